The summed E-state index contributed by atoms with van der Waals surface area (Å²) in [5, 5.41) is 0.402. The van der Waals surface area contributed by atoms with Gasteiger partial charge in [-0.1, -0.05) is 32.4 Å². The van der Waals surface area contributed by atoms with Gasteiger partial charge in [-0.2, -0.15) is 0 Å². The van der Waals surface area contributed by atoms with E-state index in [1.54, 1.807) is 19.1 Å². The summed E-state index contributed by atoms with van der Waals surface area (Å²) >= 11 is 6.24. The Bertz CT molecular complexity index is 900. The molecule has 1 aromatic heterocycles. The average Bonchev–Trinajstić information content (AvgIpc) is 3.32. The number of rotatable bonds is 6. The minimum atomic E-state index is -0.423. The molecule has 138 valence electrons. The first-order chi connectivity index (χ1) is 12.2. The number of hydrogen-bond donors (Lipinski definition) is 0. The molecule has 6 heteroatoms. The third-order valence-corrected chi connectivity index (χ3v) is 4.51. The first-order valence-electron chi connectivity index (χ1n) is 8.74. The van der Waals surface area contributed by atoms with E-state index in [1.807, 2.05) is 20.8 Å². The van der Waals surface area contributed by atoms with Crippen molar-refractivity contribution in [2.45, 2.75) is 46.0 Å². The molecule has 0 N–H and O–H groups in total. The fourth-order valence-electron chi connectivity index (χ4n) is 2.58. The number of allylic oxidation sites excluding steroid dienone is 1. The summed E-state index contributed by atoms with van der Waals surface area (Å²) in [5.74, 6) is -0.206. The number of aromatic nitrogens is 1. The first-order valence-corrected chi connectivity index (χ1v) is 9.12. The number of fused-ring (bicyclic) bond motifs is 1. The molecule has 1 saturated carbocycles. The van der Waals surface area contributed by atoms with Crippen molar-refractivity contribution < 1.29 is 18.7 Å². The highest BCUT2D eigenvalue weighted by Crippen LogP contribution is 2.36. The smallest absolute Gasteiger partial charge is 0.203 e. The largest absolute Gasteiger partial charge is 0.501 e. The van der Waals surface area contributed by atoms with Crippen LogP contribution in [0.4, 0.5) is 0 Å². The zero-order valence-electron chi connectivity index (χ0n) is 15.4. The Morgan fingerprint density at radius 2 is 2.04 bits per heavy atom. The predicted octanol–water partition coefficient (Wildman–Crippen LogP) is 4.86. The predicted molar refractivity (Wildman–Crippen MR) is 99.5 cm³/mol. The van der Waals surface area contributed by atoms with Crippen LogP contribution in [-0.4, -0.2) is 23.2 Å². The lowest BCUT2D eigenvalue weighted by Gasteiger charge is -2.11. The molecule has 0 spiro atoms. The maximum Gasteiger partial charge on any atom is 0.203 e. The van der Waals surface area contributed by atoms with Crippen LogP contribution in [-0.2, 0) is 14.9 Å². The van der Waals surface area contributed by atoms with Crippen LogP contribution in [0.5, 0.6) is 0 Å². The summed E-state index contributed by atoms with van der Waals surface area (Å²) in [6.45, 7) is 8.06. The maximum absolute atomic E-state index is 13.1. The van der Waals surface area contributed by atoms with Gasteiger partial charge in [0, 0.05) is 11.3 Å². The number of Topliss-reactive ketones (excluding diaryl/α,β-unsaturated/α-hetero) is 2. The fourth-order valence-corrected chi connectivity index (χ4v) is 2.77. The number of carbonyl (C=O) groups excluding carboxylic acids is 2. The molecule has 0 radical (unpaired) electrons. The highest BCUT2D eigenvalue weighted by atomic mass is 35.5. The van der Waals surface area contributed by atoms with Gasteiger partial charge in [0.1, 0.15) is 11.1 Å². The highest BCUT2D eigenvalue weighted by molar-refractivity contribution is 6.36. The minimum Gasteiger partial charge on any atom is -0.501 e. The molecular weight excluding hydrogens is 354 g/mol. The molecule has 5 nitrogen and oxygen atoms in total. The topological polar surface area (TPSA) is 69.4 Å². The lowest BCUT2D eigenvalue weighted by Crippen LogP contribution is -2.16. The van der Waals surface area contributed by atoms with Gasteiger partial charge in [-0.15, -0.1) is 0 Å². The van der Waals surface area contributed by atoms with Crippen LogP contribution in [0.25, 0.3) is 11.1 Å². The molecule has 1 heterocycles. The fraction of sp³-hybridized carbons (Fsp3) is 0.450. The number of nitrogens with zero attached hydrogens (tertiary/aromatic N) is 1. The molecule has 0 atom stereocenters. The van der Waals surface area contributed by atoms with Gasteiger partial charge in [0.25, 0.3) is 0 Å². The van der Waals surface area contributed by atoms with E-state index in [0.717, 1.165) is 12.8 Å². The third kappa shape index (κ3) is 3.54. The zero-order valence-corrected chi connectivity index (χ0v) is 16.1. The van der Waals surface area contributed by atoms with Crippen molar-refractivity contribution in [3.05, 3.63) is 40.4 Å². The summed E-state index contributed by atoms with van der Waals surface area (Å²) in [5.41, 5.74) is 0.714. The molecule has 26 heavy (non-hydrogen) atoms. The number of ether oxygens (including phenoxy) is 1. The van der Waals surface area contributed by atoms with E-state index < -0.39 is 5.78 Å². The molecule has 1 aromatic carbocycles. The highest BCUT2D eigenvalue weighted by Gasteiger charge is 2.36. The quantitative estimate of drug-likeness (QED) is 0.237. The number of ketones is 2. The number of hydrogen-bond acceptors (Lipinski definition) is 5. The average molecular weight is 376 g/mol. The molecule has 0 aliphatic heterocycles. The Morgan fingerprint density at radius 1 is 1.35 bits per heavy atom. The number of oxazole rings is 1. The molecule has 0 saturated heterocycles. The van der Waals surface area contributed by atoms with E-state index in [9.17, 15) is 9.59 Å². The van der Waals surface area contributed by atoms with Gasteiger partial charge < -0.3 is 9.15 Å². The Morgan fingerprint density at radius 3 is 2.62 bits per heavy atom. The van der Waals surface area contributed by atoms with E-state index in [-0.39, 0.29) is 28.3 Å². The van der Waals surface area contributed by atoms with Crippen molar-refractivity contribution in [3.63, 3.8) is 0 Å². The van der Waals surface area contributed by atoms with Crippen LogP contribution in [0.15, 0.2) is 28.4 Å². The molecule has 2 aromatic rings. The lowest BCUT2D eigenvalue weighted by atomic mass is 9.97. The van der Waals surface area contributed by atoms with Crippen molar-refractivity contribution in [1.29, 1.82) is 0 Å². The van der Waals surface area contributed by atoms with E-state index in [2.05, 4.69) is 4.98 Å². The summed E-state index contributed by atoms with van der Waals surface area (Å²) in [6.07, 6.45) is 2.88. The zero-order chi connectivity index (χ0) is 19.1. The molecule has 3 rings (SSSR count). The van der Waals surface area contributed by atoms with Crippen LogP contribution in [0.1, 0.15) is 56.8 Å². The van der Waals surface area contributed by atoms with Gasteiger partial charge in [0.05, 0.1) is 23.5 Å². The van der Waals surface area contributed by atoms with Gasteiger partial charge in [-0.3, -0.25) is 9.59 Å². The maximum atomic E-state index is 13.1. The summed E-state index contributed by atoms with van der Waals surface area (Å²) in [7, 11) is 0. The van der Waals surface area contributed by atoms with Crippen LogP contribution in [0.2, 0.25) is 5.02 Å². The Labute approximate surface area is 157 Å². The van der Waals surface area contributed by atoms with Gasteiger partial charge in [0.2, 0.25) is 11.7 Å². The minimum absolute atomic E-state index is 0.0479. The molecule has 1 aliphatic carbocycles. The summed E-state index contributed by atoms with van der Waals surface area (Å²) in [6, 6.07) is 3.18. The Balaban J connectivity index is 2.10. The van der Waals surface area contributed by atoms with E-state index in [1.165, 1.54) is 6.26 Å². The number of benzene rings is 1. The van der Waals surface area contributed by atoms with E-state index in [4.69, 9.17) is 20.8 Å². The van der Waals surface area contributed by atoms with Gasteiger partial charge >= 0.3 is 0 Å². The second kappa shape index (κ2) is 6.88. The molecule has 0 amide bonds. The monoisotopic (exact) mass is 375 g/mol. The molecule has 1 aliphatic rings. The van der Waals surface area contributed by atoms with Crippen LogP contribution in [0.3, 0.4) is 0 Å². The van der Waals surface area contributed by atoms with E-state index in [0.29, 0.717) is 28.6 Å². The van der Waals surface area contributed by atoms with E-state index >= 15 is 0 Å². The summed E-state index contributed by atoms with van der Waals surface area (Å²) in [4.78, 5) is 30.1. The normalized spacial score (nSPS) is 15.3. The SMILES string of the molecule is CCOC=C(C(=O)c1ccc(Cl)c2nc(C(C)(C)C)oc12)C(=O)C1CC1. The molecular formula is C20H22ClNO4. The standard InChI is InChI=1S/C20H22ClNO4/c1-5-25-10-13(16(23)11-6-7-11)17(24)12-8-9-14(21)15-18(12)26-19(22-15)20(2,3)4/h8-11H,5-7H2,1-4H3. The molecule has 0 unspecified atom stereocenters. The second-order valence-corrected chi connectivity index (χ2v) is 7.90. The lowest BCUT2D eigenvalue weighted by molar-refractivity contribution is -0.116. The number of halogens is 1. The third-order valence-electron chi connectivity index (χ3n) is 4.21. The van der Waals surface area contributed by atoms with Gasteiger partial charge in [-0.25, -0.2) is 4.98 Å². The van der Waals surface area contributed by atoms with Crippen LogP contribution < -0.4 is 0 Å². The molecule has 0 bridgehead atoms. The van der Waals surface area contributed by atoms with Crippen molar-refractivity contribution >= 4 is 34.3 Å². The van der Waals surface area contributed by atoms with Gasteiger partial charge in [0.15, 0.2) is 11.4 Å². The van der Waals surface area contributed by atoms with Crippen molar-refractivity contribution in [2.75, 3.05) is 6.61 Å². The van der Waals surface area contributed by atoms with Gasteiger partial charge in [-0.05, 0) is 31.9 Å². The van der Waals surface area contributed by atoms with Crippen LogP contribution >= 0.6 is 11.6 Å². The summed E-state index contributed by atoms with van der Waals surface area (Å²) < 4.78 is 11.1. The van der Waals surface area contributed by atoms with Crippen LogP contribution in [0, 0.1) is 5.92 Å². The second-order valence-electron chi connectivity index (χ2n) is 7.50. The van der Waals surface area contributed by atoms with Crippen molar-refractivity contribution in [3.8, 4) is 0 Å². The Hall–Kier alpha value is -2.14. The van der Waals surface area contributed by atoms with Crippen molar-refractivity contribution in [1.82, 2.24) is 4.98 Å². The van der Waals surface area contributed by atoms with Crippen molar-refractivity contribution in [2.24, 2.45) is 5.92 Å². The Kier molecular flexibility index (Phi) is 4.93. The number of carbonyl (C=O) groups is 2. The molecule has 1 fully saturated rings. The first kappa shape index (κ1) is 18.6.